The van der Waals surface area contributed by atoms with Gasteiger partial charge in [0.1, 0.15) is 5.75 Å². The second-order valence-electron chi connectivity index (χ2n) is 4.23. The number of hydrogen-bond acceptors (Lipinski definition) is 3. The van der Waals surface area contributed by atoms with E-state index in [9.17, 15) is 0 Å². The molecular formula is C14H18ClN3O. The zero-order chi connectivity index (χ0) is 13.8. The average Bonchev–Trinajstić information content (AvgIpc) is 2.74. The monoisotopic (exact) mass is 279 g/mol. The van der Waals surface area contributed by atoms with Crippen molar-refractivity contribution in [1.29, 1.82) is 0 Å². The van der Waals surface area contributed by atoms with Crippen LogP contribution in [0.25, 0.3) is 0 Å². The second kappa shape index (κ2) is 6.08. The van der Waals surface area contributed by atoms with Crippen LogP contribution < -0.4 is 10.1 Å². The highest BCUT2D eigenvalue weighted by Crippen LogP contribution is 2.28. The number of aromatic nitrogens is 2. The Kier molecular flexibility index (Phi) is 4.45. The van der Waals surface area contributed by atoms with E-state index in [2.05, 4.69) is 10.4 Å². The lowest BCUT2D eigenvalue weighted by Gasteiger charge is -2.18. The summed E-state index contributed by atoms with van der Waals surface area (Å²) in [5, 5.41) is 8.11. The molecule has 1 heterocycles. The summed E-state index contributed by atoms with van der Waals surface area (Å²) in [5.74, 6) is 0.872. The highest BCUT2D eigenvalue weighted by atomic mass is 35.5. The van der Waals surface area contributed by atoms with Gasteiger partial charge in [-0.15, -0.1) is 0 Å². The van der Waals surface area contributed by atoms with Crippen LogP contribution >= 0.6 is 11.6 Å². The van der Waals surface area contributed by atoms with Crippen LogP contribution in [0.3, 0.4) is 0 Å². The standard InChI is InChI=1S/C14H18ClN3O/c1-4-19-11-7-5-10(6-8-11)13(16-2)14-12(15)9-17-18(14)3/h5-9,13,16H,4H2,1-3H3. The predicted molar refractivity (Wildman–Crippen MR) is 76.7 cm³/mol. The molecule has 0 aliphatic carbocycles. The first-order valence-electron chi connectivity index (χ1n) is 6.24. The van der Waals surface area contributed by atoms with E-state index in [0.717, 1.165) is 17.0 Å². The molecule has 2 rings (SSSR count). The topological polar surface area (TPSA) is 39.1 Å². The number of nitrogens with zero attached hydrogens (tertiary/aromatic N) is 2. The maximum absolute atomic E-state index is 6.20. The quantitative estimate of drug-likeness (QED) is 0.915. The van der Waals surface area contributed by atoms with Crippen molar-refractivity contribution in [3.8, 4) is 5.75 Å². The molecule has 1 atom stereocenters. The zero-order valence-electron chi connectivity index (χ0n) is 11.4. The fraction of sp³-hybridized carbons (Fsp3) is 0.357. The lowest BCUT2D eigenvalue weighted by Crippen LogP contribution is -2.21. The van der Waals surface area contributed by atoms with E-state index in [1.165, 1.54) is 0 Å². The van der Waals surface area contributed by atoms with Crippen LogP contribution in [0.1, 0.15) is 24.2 Å². The highest BCUT2D eigenvalue weighted by molar-refractivity contribution is 6.31. The Morgan fingerprint density at radius 3 is 2.53 bits per heavy atom. The molecule has 0 aliphatic rings. The number of benzene rings is 1. The Hall–Kier alpha value is -1.52. The first-order chi connectivity index (χ1) is 9.17. The van der Waals surface area contributed by atoms with Crippen LogP contribution in [-0.4, -0.2) is 23.4 Å². The molecule has 1 N–H and O–H groups in total. The van der Waals surface area contributed by atoms with Gasteiger partial charge in [0, 0.05) is 7.05 Å². The minimum Gasteiger partial charge on any atom is -0.494 e. The van der Waals surface area contributed by atoms with Gasteiger partial charge in [-0.25, -0.2) is 0 Å². The van der Waals surface area contributed by atoms with Gasteiger partial charge in [0.2, 0.25) is 0 Å². The van der Waals surface area contributed by atoms with E-state index < -0.39 is 0 Å². The molecule has 5 heteroatoms. The molecule has 0 saturated carbocycles. The van der Waals surface area contributed by atoms with Crippen molar-refractivity contribution in [2.75, 3.05) is 13.7 Å². The molecule has 4 nitrogen and oxygen atoms in total. The van der Waals surface area contributed by atoms with Crippen LogP contribution in [0.15, 0.2) is 30.5 Å². The van der Waals surface area contributed by atoms with Crippen molar-refractivity contribution in [2.45, 2.75) is 13.0 Å². The summed E-state index contributed by atoms with van der Waals surface area (Å²) in [6, 6.07) is 8.02. The molecule has 0 aliphatic heterocycles. The lowest BCUT2D eigenvalue weighted by atomic mass is 10.0. The number of halogens is 1. The van der Waals surface area contributed by atoms with Gasteiger partial charge >= 0.3 is 0 Å². The fourth-order valence-electron chi connectivity index (χ4n) is 2.13. The smallest absolute Gasteiger partial charge is 0.119 e. The molecule has 0 spiro atoms. The molecule has 19 heavy (non-hydrogen) atoms. The summed E-state index contributed by atoms with van der Waals surface area (Å²) in [4.78, 5) is 0. The summed E-state index contributed by atoms with van der Waals surface area (Å²) in [7, 11) is 3.80. The molecule has 1 aromatic carbocycles. The summed E-state index contributed by atoms with van der Waals surface area (Å²) in [5.41, 5.74) is 2.07. The van der Waals surface area contributed by atoms with E-state index in [-0.39, 0.29) is 6.04 Å². The first-order valence-corrected chi connectivity index (χ1v) is 6.62. The zero-order valence-corrected chi connectivity index (χ0v) is 12.1. The minimum absolute atomic E-state index is 0.00989. The molecule has 0 amide bonds. The van der Waals surface area contributed by atoms with Crippen molar-refractivity contribution in [2.24, 2.45) is 7.05 Å². The number of ether oxygens (including phenoxy) is 1. The third-order valence-corrected chi connectivity index (χ3v) is 3.32. The predicted octanol–water partition coefficient (Wildman–Crippen LogP) is 2.78. The summed E-state index contributed by atoms with van der Waals surface area (Å²) in [6.07, 6.45) is 1.66. The van der Waals surface area contributed by atoms with Crippen LogP contribution in [-0.2, 0) is 7.05 Å². The fourth-order valence-corrected chi connectivity index (χ4v) is 2.40. The maximum atomic E-state index is 6.20. The maximum Gasteiger partial charge on any atom is 0.119 e. The van der Waals surface area contributed by atoms with Gasteiger partial charge in [-0.2, -0.15) is 5.10 Å². The Morgan fingerprint density at radius 1 is 1.37 bits per heavy atom. The second-order valence-corrected chi connectivity index (χ2v) is 4.63. The normalized spacial score (nSPS) is 12.4. The van der Waals surface area contributed by atoms with Gasteiger partial charge in [0.05, 0.1) is 29.6 Å². The van der Waals surface area contributed by atoms with Gasteiger partial charge in [0.25, 0.3) is 0 Å². The number of rotatable bonds is 5. The van der Waals surface area contributed by atoms with Gasteiger partial charge < -0.3 is 10.1 Å². The molecule has 0 radical (unpaired) electrons. The largest absolute Gasteiger partial charge is 0.494 e. The van der Waals surface area contributed by atoms with Crippen LogP contribution in [0.2, 0.25) is 5.02 Å². The molecule has 0 bridgehead atoms. The van der Waals surface area contributed by atoms with Crippen molar-refractivity contribution in [3.05, 3.63) is 46.7 Å². The molecular weight excluding hydrogens is 262 g/mol. The van der Waals surface area contributed by atoms with Gasteiger partial charge in [-0.3, -0.25) is 4.68 Å². The van der Waals surface area contributed by atoms with Gasteiger partial charge in [-0.05, 0) is 31.7 Å². The summed E-state index contributed by atoms with van der Waals surface area (Å²) < 4.78 is 7.24. The van der Waals surface area contributed by atoms with Crippen LogP contribution in [0, 0.1) is 0 Å². The highest BCUT2D eigenvalue weighted by Gasteiger charge is 2.19. The molecule has 102 valence electrons. The molecule has 0 saturated heterocycles. The molecule has 1 unspecified atom stereocenters. The van der Waals surface area contributed by atoms with Gasteiger partial charge in [-0.1, -0.05) is 23.7 Å². The number of aryl methyl sites for hydroxylation is 1. The van der Waals surface area contributed by atoms with Crippen molar-refractivity contribution < 1.29 is 4.74 Å². The number of hydrogen-bond donors (Lipinski definition) is 1. The van der Waals surface area contributed by atoms with Crippen molar-refractivity contribution >= 4 is 11.6 Å². The Morgan fingerprint density at radius 2 is 2.05 bits per heavy atom. The Labute approximate surface area is 118 Å². The lowest BCUT2D eigenvalue weighted by molar-refractivity contribution is 0.340. The minimum atomic E-state index is 0.00989. The third kappa shape index (κ3) is 2.91. The van der Waals surface area contributed by atoms with E-state index >= 15 is 0 Å². The number of nitrogens with one attached hydrogen (secondary N) is 1. The van der Waals surface area contributed by atoms with Crippen molar-refractivity contribution in [3.63, 3.8) is 0 Å². The Bertz CT molecular complexity index is 517. The molecule has 1 aromatic heterocycles. The van der Waals surface area contributed by atoms with Crippen molar-refractivity contribution in [1.82, 2.24) is 15.1 Å². The average molecular weight is 280 g/mol. The molecule has 2 aromatic rings. The molecule has 0 fully saturated rings. The van der Waals surface area contributed by atoms with E-state index in [1.807, 2.05) is 45.3 Å². The van der Waals surface area contributed by atoms with E-state index in [1.54, 1.807) is 10.9 Å². The first kappa shape index (κ1) is 13.9. The van der Waals surface area contributed by atoms with Crippen LogP contribution in [0.4, 0.5) is 0 Å². The van der Waals surface area contributed by atoms with Crippen LogP contribution in [0.5, 0.6) is 5.75 Å². The SMILES string of the molecule is CCOc1ccc(C(NC)c2c(Cl)cnn2C)cc1. The van der Waals surface area contributed by atoms with E-state index in [4.69, 9.17) is 16.3 Å². The van der Waals surface area contributed by atoms with Gasteiger partial charge in [0.15, 0.2) is 0 Å². The Balaban J connectivity index is 2.32. The summed E-state index contributed by atoms with van der Waals surface area (Å²) >= 11 is 6.20. The van der Waals surface area contributed by atoms with E-state index in [0.29, 0.717) is 11.6 Å². The summed E-state index contributed by atoms with van der Waals surface area (Å²) in [6.45, 7) is 2.64. The third-order valence-electron chi connectivity index (χ3n) is 3.02.